The number of aliphatic hydroxyl groups is 1. The minimum atomic E-state index is -0.0235. The molecule has 2 nitrogen and oxygen atoms in total. The van der Waals surface area contributed by atoms with Crippen molar-refractivity contribution >= 4 is 11.6 Å². The van der Waals surface area contributed by atoms with Gasteiger partial charge in [-0.15, -0.1) is 12.3 Å². The summed E-state index contributed by atoms with van der Waals surface area (Å²) in [4.78, 5) is 0. The van der Waals surface area contributed by atoms with Crippen LogP contribution in [-0.4, -0.2) is 11.7 Å². The maximum atomic E-state index is 8.84. The lowest BCUT2D eigenvalue weighted by molar-refractivity contribution is 0.281. The van der Waals surface area contributed by atoms with Crippen LogP contribution in [0.15, 0.2) is 18.2 Å². The van der Waals surface area contributed by atoms with E-state index in [0.717, 1.165) is 5.56 Å². The highest BCUT2D eigenvalue weighted by Gasteiger charge is 2.01. The van der Waals surface area contributed by atoms with Crippen molar-refractivity contribution in [3.8, 4) is 18.1 Å². The maximum Gasteiger partial charge on any atom is 0.137 e. The summed E-state index contributed by atoms with van der Waals surface area (Å²) in [6, 6.07) is 5.16. The Morgan fingerprint density at radius 1 is 1.50 bits per heavy atom. The van der Waals surface area contributed by atoms with E-state index in [1.165, 1.54) is 0 Å². The van der Waals surface area contributed by atoms with Crippen molar-refractivity contribution in [1.29, 1.82) is 0 Å². The zero-order valence-corrected chi connectivity index (χ0v) is 8.42. The first-order valence-electron chi connectivity index (χ1n) is 4.23. The van der Waals surface area contributed by atoms with Crippen molar-refractivity contribution in [2.24, 2.45) is 0 Å². The second-order valence-corrected chi connectivity index (χ2v) is 3.13. The van der Waals surface area contributed by atoms with Crippen LogP contribution in [0, 0.1) is 12.3 Å². The Bertz CT molecular complexity index is 342. The molecule has 0 aliphatic heterocycles. The van der Waals surface area contributed by atoms with Crippen LogP contribution in [0.5, 0.6) is 5.75 Å². The molecule has 74 valence electrons. The highest BCUT2D eigenvalue weighted by Crippen LogP contribution is 2.25. The average molecular weight is 211 g/mol. The molecule has 0 aliphatic rings. The van der Waals surface area contributed by atoms with Crippen LogP contribution in [0.25, 0.3) is 0 Å². The first kappa shape index (κ1) is 10.9. The number of rotatable bonds is 4. The minimum absolute atomic E-state index is 0.0235. The van der Waals surface area contributed by atoms with Crippen molar-refractivity contribution in [1.82, 2.24) is 0 Å². The van der Waals surface area contributed by atoms with E-state index < -0.39 is 0 Å². The van der Waals surface area contributed by atoms with Crippen molar-refractivity contribution in [2.45, 2.75) is 13.0 Å². The summed E-state index contributed by atoms with van der Waals surface area (Å²) in [7, 11) is 0. The zero-order chi connectivity index (χ0) is 10.4. The van der Waals surface area contributed by atoms with Gasteiger partial charge in [0.15, 0.2) is 0 Å². The molecule has 0 heterocycles. The van der Waals surface area contributed by atoms with Crippen LogP contribution in [0.2, 0.25) is 5.02 Å². The lowest BCUT2D eigenvalue weighted by atomic mass is 10.2. The fraction of sp³-hybridized carbons (Fsp3) is 0.273. The lowest BCUT2D eigenvalue weighted by Gasteiger charge is -2.07. The molecule has 0 saturated heterocycles. The Labute approximate surface area is 88.5 Å². The third kappa shape index (κ3) is 2.95. The molecule has 0 unspecified atom stereocenters. The number of hydrogen-bond acceptors (Lipinski definition) is 2. The molecular formula is C11H11ClO2. The van der Waals surface area contributed by atoms with Crippen LogP contribution < -0.4 is 4.74 Å². The fourth-order valence-corrected chi connectivity index (χ4v) is 1.24. The zero-order valence-electron chi connectivity index (χ0n) is 7.66. The molecule has 1 rings (SSSR count). The summed E-state index contributed by atoms with van der Waals surface area (Å²) in [6.07, 6.45) is 5.63. The van der Waals surface area contributed by atoms with E-state index in [1.54, 1.807) is 18.2 Å². The van der Waals surface area contributed by atoms with Gasteiger partial charge in [-0.25, -0.2) is 0 Å². The van der Waals surface area contributed by atoms with E-state index in [9.17, 15) is 0 Å². The van der Waals surface area contributed by atoms with Gasteiger partial charge in [0.25, 0.3) is 0 Å². The summed E-state index contributed by atoms with van der Waals surface area (Å²) in [5, 5.41) is 9.34. The summed E-state index contributed by atoms with van der Waals surface area (Å²) >= 11 is 5.90. The fourth-order valence-electron chi connectivity index (χ4n) is 0.980. The molecule has 0 amide bonds. The normalized spacial score (nSPS) is 9.50. The van der Waals surface area contributed by atoms with Gasteiger partial charge >= 0.3 is 0 Å². The predicted molar refractivity (Wildman–Crippen MR) is 56.3 cm³/mol. The lowest BCUT2D eigenvalue weighted by Crippen LogP contribution is -1.96. The van der Waals surface area contributed by atoms with Crippen LogP contribution in [-0.2, 0) is 6.61 Å². The van der Waals surface area contributed by atoms with Gasteiger partial charge in [0.2, 0.25) is 0 Å². The Morgan fingerprint density at radius 2 is 2.29 bits per heavy atom. The van der Waals surface area contributed by atoms with Crippen molar-refractivity contribution in [2.75, 3.05) is 6.61 Å². The largest absolute Gasteiger partial charge is 0.491 e. The SMILES string of the molecule is C#CCCOc1ccc(CO)cc1Cl. The predicted octanol–water partition coefficient (Wildman–Crippen LogP) is 2.23. The third-order valence-corrected chi connectivity index (χ3v) is 1.98. The van der Waals surface area contributed by atoms with Crippen molar-refractivity contribution < 1.29 is 9.84 Å². The second-order valence-electron chi connectivity index (χ2n) is 2.73. The van der Waals surface area contributed by atoms with Crippen molar-refractivity contribution in [3.05, 3.63) is 28.8 Å². The molecule has 0 aromatic heterocycles. The summed E-state index contributed by atoms with van der Waals surface area (Å²) in [5.74, 6) is 3.07. The van der Waals surface area contributed by atoms with Crippen LogP contribution in [0.1, 0.15) is 12.0 Å². The summed E-state index contributed by atoms with van der Waals surface area (Å²) < 4.78 is 5.32. The van der Waals surface area contributed by atoms with E-state index >= 15 is 0 Å². The summed E-state index contributed by atoms with van der Waals surface area (Å²) in [6.45, 7) is 0.430. The maximum absolute atomic E-state index is 8.84. The van der Waals surface area contributed by atoms with Gasteiger partial charge < -0.3 is 9.84 Å². The first-order chi connectivity index (χ1) is 6.77. The Kier molecular flexibility index (Phi) is 4.31. The smallest absolute Gasteiger partial charge is 0.137 e. The van der Waals surface area contributed by atoms with E-state index in [0.29, 0.717) is 23.8 Å². The third-order valence-electron chi connectivity index (χ3n) is 1.68. The van der Waals surface area contributed by atoms with Gasteiger partial charge in [-0.2, -0.15) is 0 Å². The van der Waals surface area contributed by atoms with Crippen molar-refractivity contribution in [3.63, 3.8) is 0 Å². The number of ether oxygens (including phenoxy) is 1. The first-order valence-corrected chi connectivity index (χ1v) is 4.61. The van der Waals surface area contributed by atoms with E-state index in [1.807, 2.05) is 0 Å². The average Bonchev–Trinajstić information content (AvgIpc) is 2.20. The molecule has 1 N–H and O–H groups in total. The van der Waals surface area contributed by atoms with Crippen LogP contribution >= 0.6 is 11.6 Å². The number of terminal acetylenes is 1. The standard InChI is InChI=1S/C11H11ClO2/c1-2-3-6-14-11-5-4-9(8-13)7-10(11)12/h1,4-5,7,13H,3,6,8H2. The quantitative estimate of drug-likeness (QED) is 0.610. The van der Waals surface area contributed by atoms with Crippen LogP contribution in [0.3, 0.4) is 0 Å². The van der Waals surface area contributed by atoms with Gasteiger partial charge in [-0.3, -0.25) is 0 Å². The number of hydrogen-bond donors (Lipinski definition) is 1. The highest BCUT2D eigenvalue weighted by atomic mass is 35.5. The van der Waals surface area contributed by atoms with Gasteiger partial charge in [0.1, 0.15) is 5.75 Å². The van der Waals surface area contributed by atoms with Gasteiger partial charge in [-0.05, 0) is 17.7 Å². The molecule has 3 heteroatoms. The Morgan fingerprint density at radius 3 is 2.86 bits per heavy atom. The van der Waals surface area contributed by atoms with Gasteiger partial charge in [0.05, 0.1) is 18.2 Å². The molecule has 0 fully saturated rings. The molecule has 0 bridgehead atoms. The van der Waals surface area contributed by atoms with Crippen LogP contribution in [0.4, 0.5) is 0 Å². The highest BCUT2D eigenvalue weighted by molar-refractivity contribution is 6.32. The molecule has 14 heavy (non-hydrogen) atoms. The van der Waals surface area contributed by atoms with E-state index in [-0.39, 0.29) is 6.61 Å². The molecule has 0 saturated carbocycles. The molecule has 0 spiro atoms. The second kappa shape index (κ2) is 5.54. The summed E-state index contributed by atoms with van der Waals surface area (Å²) in [5.41, 5.74) is 0.763. The van der Waals surface area contributed by atoms with Gasteiger partial charge in [0, 0.05) is 6.42 Å². The molecule has 0 atom stereocenters. The molecule has 0 aliphatic carbocycles. The Hall–Kier alpha value is -1.17. The minimum Gasteiger partial charge on any atom is -0.491 e. The Balaban J connectivity index is 2.65. The van der Waals surface area contributed by atoms with E-state index in [2.05, 4.69) is 5.92 Å². The number of halogens is 1. The molecule has 0 radical (unpaired) electrons. The number of benzene rings is 1. The van der Waals surface area contributed by atoms with E-state index in [4.69, 9.17) is 27.9 Å². The molecule has 1 aromatic rings. The number of aliphatic hydroxyl groups excluding tert-OH is 1. The monoisotopic (exact) mass is 210 g/mol. The molecule has 1 aromatic carbocycles. The molecular weight excluding hydrogens is 200 g/mol. The topological polar surface area (TPSA) is 29.5 Å². The van der Waals surface area contributed by atoms with Gasteiger partial charge in [-0.1, -0.05) is 17.7 Å².